The molecule has 110 valence electrons. The van der Waals surface area contributed by atoms with Crippen molar-refractivity contribution in [3.05, 3.63) is 41.6 Å². The molecule has 3 heteroatoms. The molecule has 1 amide bonds. The molecule has 1 aromatic carbocycles. The number of benzene rings is 1. The van der Waals surface area contributed by atoms with Crippen LogP contribution < -0.4 is 0 Å². The fourth-order valence-corrected chi connectivity index (χ4v) is 3.48. The zero-order valence-electron chi connectivity index (χ0n) is 13.0. The second-order valence-corrected chi connectivity index (χ2v) is 6.48. The van der Waals surface area contributed by atoms with Crippen LogP contribution in [0, 0.1) is 18.8 Å². The van der Waals surface area contributed by atoms with Gasteiger partial charge in [-0.05, 0) is 37.3 Å². The lowest BCUT2D eigenvalue weighted by Gasteiger charge is -2.35. The molecule has 0 radical (unpaired) electrons. The highest BCUT2D eigenvalue weighted by atomic mass is 16.2. The number of hydrogen-bond donors (Lipinski definition) is 0. The molecule has 2 heterocycles. The van der Waals surface area contributed by atoms with Crippen LogP contribution in [-0.2, 0) is 0 Å². The Labute approximate surface area is 126 Å². The van der Waals surface area contributed by atoms with Crippen molar-refractivity contribution in [3.8, 4) is 0 Å². The molecule has 1 saturated heterocycles. The predicted octanol–water partition coefficient (Wildman–Crippen LogP) is 3.66. The minimum atomic E-state index is 0.148. The Balaban J connectivity index is 2.01. The number of hydrogen-bond acceptors (Lipinski definition) is 2. The molecular formula is C18H22N2O. The van der Waals surface area contributed by atoms with Gasteiger partial charge in [0.25, 0.3) is 5.91 Å². The Morgan fingerprint density at radius 3 is 2.57 bits per heavy atom. The Bertz CT molecular complexity index is 670. The van der Waals surface area contributed by atoms with E-state index in [4.69, 9.17) is 0 Å². The summed E-state index contributed by atoms with van der Waals surface area (Å²) in [5.74, 6) is 1.30. The largest absolute Gasteiger partial charge is 0.338 e. The van der Waals surface area contributed by atoms with Crippen LogP contribution in [0.1, 0.15) is 36.3 Å². The van der Waals surface area contributed by atoms with E-state index in [1.165, 1.54) is 6.42 Å². The van der Waals surface area contributed by atoms with Gasteiger partial charge in [0.15, 0.2) is 0 Å². The van der Waals surface area contributed by atoms with Crippen LogP contribution in [0.25, 0.3) is 10.9 Å². The van der Waals surface area contributed by atoms with Gasteiger partial charge in [0.1, 0.15) is 0 Å². The van der Waals surface area contributed by atoms with Gasteiger partial charge in [-0.1, -0.05) is 32.0 Å². The topological polar surface area (TPSA) is 33.2 Å². The van der Waals surface area contributed by atoms with Crippen molar-refractivity contribution in [2.45, 2.75) is 27.2 Å². The third kappa shape index (κ3) is 2.78. The minimum Gasteiger partial charge on any atom is -0.338 e. The zero-order valence-corrected chi connectivity index (χ0v) is 13.0. The number of para-hydroxylation sites is 1. The van der Waals surface area contributed by atoms with E-state index in [-0.39, 0.29) is 5.91 Å². The van der Waals surface area contributed by atoms with Gasteiger partial charge in [0, 0.05) is 24.2 Å². The maximum absolute atomic E-state index is 13.0. The van der Waals surface area contributed by atoms with E-state index >= 15 is 0 Å². The van der Waals surface area contributed by atoms with Gasteiger partial charge >= 0.3 is 0 Å². The molecule has 1 aliphatic rings. The van der Waals surface area contributed by atoms with Gasteiger partial charge in [0.2, 0.25) is 0 Å². The maximum atomic E-state index is 13.0. The molecule has 0 bridgehead atoms. The first-order valence-electron chi connectivity index (χ1n) is 7.70. The molecule has 21 heavy (non-hydrogen) atoms. The van der Waals surface area contributed by atoms with Crippen molar-refractivity contribution in [3.63, 3.8) is 0 Å². The number of rotatable bonds is 1. The number of carbonyl (C=O) groups excluding carboxylic acids is 1. The maximum Gasteiger partial charge on any atom is 0.254 e. The summed E-state index contributed by atoms with van der Waals surface area (Å²) in [6.07, 6.45) is 1.21. The van der Waals surface area contributed by atoms with Gasteiger partial charge in [-0.15, -0.1) is 0 Å². The first-order chi connectivity index (χ1) is 10.0. The molecule has 2 unspecified atom stereocenters. The molecule has 0 aliphatic carbocycles. The van der Waals surface area contributed by atoms with Crippen LogP contribution in [0.4, 0.5) is 0 Å². The minimum absolute atomic E-state index is 0.148. The van der Waals surface area contributed by atoms with Gasteiger partial charge in [-0.25, -0.2) is 0 Å². The van der Waals surface area contributed by atoms with Gasteiger partial charge < -0.3 is 4.90 Å². The third-order valence-corrected chi connectivity index (χ3v) is 4.23. The van der Waals surface area contributed by atoms with E-state index in [0.717, 1.165) is 35.2 Å². The number of amides is 1. The van der Waals surface area contributed by atoms with E-state index in [0.29, 0.717) is 11.8 Å². The fraction of sp³-hybridized carbons (Fsp3) is 0.444. The SMILES string of the molecule is Cc1cc(C(=O)N2CC(C)CC(C)C2)c2ccccc2n1. The molecule has 0 N–H and O–H groups in total. The predicted molar refractivity (Wildman–Crippen MR) is 85.3 cm³/mol. The highest BCUT2D eigenvalue weighted by molar-refractivity contribution is 6.06. The lowest BCUT2D eigenvalue weighted by molar-refractivity contribution is 0.0625. The molecule has 0 saturated carbocycles. The summed E-state index contributed by atoms with van der Waals surface area (Å²) in [4.78, 5) is 19.5. The van der Waals surface area contributed by atoms with Gasteiger partial charge in [-0.3, -0.25) is 9.78 Å². The van der Waals surface area contributed by atoms with Crippen LogP contribution in [0.15, 0.2) is 30.3 Å². The highest BCUT2D eigenvalue weighted by Gasteiger charge is 2.27. The summed E-state index contributed by atoms with van der Waals surface area (Å²) < 4.78 is 0. The number of aromatic nitrogens is 1. The van der Waals surface area contributed by atoms with E-state index in [1.807, 2.05) is 42.2 Å². The first kappa shape index (κ1) is 14.1. The number of pyridine rings is 1. The molecule has 2 aromatic rings. The number of aryl methyl sites for hydroxylation is 1. The average molecular weight is 282 g/mol. The van der Waals surface area contributed by atoms with Crippen LogP contribution in [-0.4, -0.2) is 28.9 Å². The Morgan fingerprint density at radius 1 is 1.19 bits per heavy atom. The molecule has 0 spiro atoms. The van der Waals surface area contributed by atoms with Crippen LogP contribution in [0.2, 0.25) is 0 Å². The summed E-state index contributed by atoms with van der Waals surface area (Å²) in [7, 11) is 0. The number of fused-ring (bicyclic) bond motifs is 1. The van der Waals surface area contributed by atoms with Crippen molar-refractivity contribution in [2.75, 3.05) is 13.1 Å². The Kier molecular flexibility index (Phi) is 3.66. The Hall–Kier alpha value is -1.90. The van der Waals surface area contributed by atoms with Gasteiger partial charge in [0.05, 0.1) is 11.1 Å². The number of likely N-dealkylation sites (tertiary alicyclic amines) is 1. The van der Waals surface area contributed by atoms with E-state index in [9.17, 15) is 4.79 Å². The molecule has 1 aliphatic heterocycles. The quantitative estimate of drug-likeness (QED) is 0.799. The normalized spacial score (nSPS) is 22.5. The smallest absolute Gasteiger partial charge is 0.254 e. The fourth-order valence-electron chi connectivity index (χ4n) is 3.48. The molecule has 1 fully saturated rings. The summed E-state index contributed by atoms with van der Waals surface area (Å²) in [6, 6.07) is 9.83. The lowest BCUT2D eigenvalue weighted by atomic mass is 9.91. The van der Waals surface area contributed by atoms with Crippen LogP contribution in [0.3, 0.4) is 0 Å². The standard InChI is InChI=1S/C18H22N2O/c1-12-8-13(2)11-20(10-12)18(21)16-9-14(3)19-17-7-5-4-6-15(16)17/h4-7,9,12-13H,8,10-11H2,1-3H3. The molecule has 3 nitrogen and oxygen atoms in total. The van der Waals surface area contributed by atoms with Crippen LogP contribution >= 0.6 is 0 Å². The first-order valence-corrected chi connectivity index (χ1v) is 7.70. The zero-order chi connectivity index (χ0) is 15.0. The monoisotopic (exact) mass is 282 g/mol. The van der Waals surface area contributed by atoms with E-state index in [1.54, 1.807) is 0 Å². The Morgan fingerprint density at radius 2 is 1.86 bits per heavy atom. The molecular weight excluding hydrogens is 260 g/mol. The molecule has 1 aromatic heterocycles. The summed E-state index contributed by atoms with van der Waals surface area (Å²) in [5.41, 5.74) is 2.59. The highest BCUT2D eigenvalue weighted by Crippen LogP contribution is 2.25. The van der Waals surface area contributed by atoms with Crippen molar-refractivity contribution in [2.24, 2.45) is 11.8 Å². The summed E-state index contributed by atoms with van der Waals surface area (Å²) in [6.45, 7) is 8.13. The number of carbonyl (C=O) groups is 1. The van der Waals surface area contributed by atoms with Crippen LogP contribution in [0.5, 0.6) is 0 Å². The van der Waals surface area contributed by atoms with Gasteiger partial charge in [-0.2, -0.15) is 0 Å². The number of piperidine rings is 1. The third-order valence-electron chi connectivity index (χ3n) is 4.23. The van der Waals surface area contributed by atoms with Crippen molar-refractivity contribution >= 4 is 16.8 Å². The van der Waals surface area contributed by atoms with Crippen molar-refractivity contribution in [1.29, 1.82) is 0 Å². The van der Waals surface area contributed by atoms with E-state index in [2.05, 4.69) is 18.8 Å². The summed E-state index contributed by atoms with van der Waals surface area (Å²) >= 11 is 0. The second-order valence-electron chi connectivity index (χ2n) is 6.48. The van der Waals surface area contributed by atoms with Crippen molar-refractivity contribution in [1.82, 2.24) is 9.88 Å². The number of nitrogens with zero attached hydrogens (tertiary/aromatic N) is 2. The lowest BCUT2D eigenvalue weighted by Crippen LogP contribution is -2.42. The van der Waals surface area contributed by atoms with E-state index < -0.39 is 0 Å². The molecule has 2 atom stereocenters. The summed E-state index contributed by atoms with van der Waals surface area (Å²) in [5, 5.41) is 0.957. The molecule has 3 rings (SSSR count). The average Bonchev–Trinajstić information content (AvgIpc) is 2.44. The second kappa shape index (κ2) is 5.47. The van der Waals surface area contributed by atoms with Crippen molar-refractivity contribution < 1.29 is 4.79 Å².